The van der Waals surface area contributed by atoms with Gasteiger partial charge in [0.15, 0.2) is 0 Å². The Hall–Kier alpha value is -0.890. The highest BCUT2D eigenvalue weighted by Gasteiger charge is 2.27. The third kappa shape index (κ3) is 2.52. The van der Waals surface area contributed by atoms with Crippen LogP contribution < -0.4 is 5.32 Å². The molecule has 2 rings (SSSR count). The summed E-state index contributed by atoms with van der Waals surface area (Å²) in [4.78, 5) is 3.99. The SMILES string of the molecule is CC(NCc1ccncc1)C1CC1. The van der Waals surface area contributed by atoms with Crippen LogP contribution in [0, 0.1) is 5.92 Å². The molecule has 0 aromatic carbocycles. The number of aromatic nitrogens is 1. The molecule has 0 radical (unpaired) electrons. The van der Waals surface area contributed by atoms with E-state index in [0.29, 0.717) is 6.04 Å². The van der Waals surface area contributed by atoms with Crippen LogP contribution in [-0.4, -0.2) is 11.0 Å². The van der Waals surface area contributed by atoms with Crippen LogP contribution in [-0.2, 0) is 6.54 Å². The molecule has 1 unspecified atom stereocenters. The van der Waals surface area contributed by atoms with Crippen LogP contribution in [0.1, 0.15) is 25.3 Å². The summed E-state index contributed by atoms with van der Waals surface area (Å²) in [6, 6.07) is 4.80. The lowest BCUT2D eigenvalue weighted by atomic mass is 10.2. The first-order valence-electron chi connectivity index (χ1n) is 4.98. The Morgan fingerprint density at radius 1 is 1.46 bits per heavy atom. The lowest BCUT2D eigenvalue weighted by Gasteiger charge is -2.11. The van der Waals surface area contributed by atoms with E-state index in [-0.39, 0.29) is 0 Å². The second-order valence-electron chi connectivity index (χ2n) is 3.86. The number of hydrogen-bond acceptors (Lipinski definition) is 2. The van der Waals surface area contributed by atoms with E-state index >= 15 is 0 Å². The number of nitrogens with one attached hydrogen (secondary N) is 1. The van der Waals surface area contributed by atoms with E-state index in [2.05, 4.69) is 29.4 Å². The Labute approximate surface area is 79.4 Å². The van der Waals surface area contributed by atoms with Gasteiger partial charge in [0, 0.05) is 25.0 Å². The van der Waals surface area contributed by atoms with E-state index in [1.165, 1.54) is 18.4 Å². The number of nitrogens with zero attached hydrogens (tertiary/aromatic N) is 1. The van der Waals surface area contributed by atoms with Gasteiger partial charge >= 0.3 is 0 Å². The van der Waals surface area contributed by atoms with Crippen LogP contribution in [0.2, 0.25) is 0 Å². The highest BCUT2D eigenvalue weighted by molar-refractivity contribution is 5.09. The summed E-state index contributed by atoms with van der Waals surface area (Å²) < 4.78 is 0. The molecule has 1 saturated carbocycles. The third-order valence-corrected chi connectivity index (χ3v) is 2.71. The molecule has 2 heteroatoms. The van der Waals surface area contributed by atoms with Gasteiger partial charge in [-0.3, -0.25) is 4.98 Å². The second kappa shape index (κ2) is 3.88. The van der Waals surface area contributed by atoms with Crippen molar-refractivity contribution in [2.75, 3.05) is 0 Å². The normalized spacial score (nSPS) is 18.5. The zero-order chi connectivity index (χ0) is 9.10. The molecule has 1 aliphatic carbocycles. The molecule has 13 heavy (non-hydrogen) atoms. The minimum Gasteiger partial charge on any atom is -0.310 e. The fourth-order valence-electron chi connectivity index (χ4n) is 1.54. The van der Waals surface area contributed by atoms with Crippen molar-refractivity contribution in [3.8, 4) is 0 Å². The minimum atomic E-state index is 0.674. The standard InChI is InChI=1S/C11H16N2/c1-9(11-2-3-11)13-8-10-4-6-12-7-5-10/h4-7,9,11,13H,2-3,8H2,1H3. The van der Waals surface area contributed by atoms with Crippen LogP contribution >= 0.6 is 0 Å². The quantitative estimate of drug-likeness (QED) is 0.758. The van der Waals surface area contributed by atoms with Gasteiger partial charge in [-0.2, -0.15) is 0 Å². The van der Waals surface area contributed by atoms with Gasteiger partial charge in [0.25, 0.3) is 0 Å². The van der Waals surface area contributed by atoms with E-state index in [1.54, 1.807) is 0 Å². The molecule has 1 N–H and O–H groups in total. The van der Waals surface area contributed by atoms with Gasteiger partial charge in [-0.25, -0.2) is 0 Å². The van der Waals surface area contributed by atoms with Crippen LogP contribution in [0.5, 0.6) is 0 Å². The molecule has 1 heterocycles. The number of pyridine rings is 1. The Morgan fingerprint density at radius 3 is 2.77 bits per heavy atom. The summed E-state index contributed by atoms with van der Waals surface area (Å²) in [7, 11) is 0. The smallest absolute Gasteiger partial charge is 0.0271 e. The zero-order valence-electron chi connectivity index (χ0n) is 8.03. The molecule has 0 saturated heterocycles. The van der Waals surface area contributed by atoms with Crippen molar-refractivity contribution < 1.29 is 0 Å². The second-order valence-corrected chi connectivity index (χ2v) is 3.86. The molecule has 1 aromatic heterocycles. The van der Waals surface area contributed by atoms with Crippen molar-refractivity contribution in [1.82, 2.24) is 10.3 Å². The van der Waals surface area contributed by atoms with Gasteiger partial charge in [0.2, 0.25) is 0 Å². The van der Waals surface area contributed by atoms with Crippen molar-refractivity contribution in [2.24, 2.45) is 5.92 Å². The van der Waals surface area contributed by atoms with E-state index in [1.807, 2.05) is 12.4 Å². The summed E-state index contributed by atoms with van der Waals surface area (Å²) in [5.74, 6) is 0.932. The monoisotopic (exact) mass is 176 g/mol. The number of rotatable bonds is 4. The third-order valence-electron chi connectivity index (χ3n) is 2.71. The summed E-state index contributed by atoms with van der Waals surface area (Å²) in [6.07, 6.45) is 6.51. The predicted octanol–water partition coefficient (Wildman–Crippen LogP) is 1.97. The van der Waals surface area contributed by atoms with Gasteiger partial charge < -0.3 is 5.32 Å². The van der Waals surface area contributed by atoms with Crippen LogP contribution in [0.25, 0.3) is 0 Å². The molecule has 0 bridgehead atoms. The van der Waals surface area contributed by atoms with E-state index in [4.69, 9.17) is 0 Å². The predicted molar refractivity (Wildman–Crippen MR) is 53.3 cm³/mol. The Balaban J connectivity index is 1.78. The first-order chi connectivity index (χ1) is 6.36. The molecule has 1 fully saturated rings. The average Bonchev–Trinajstić information content (AvgIpc) is 2.99. The van der Waals surface area contributed by atoms with Crippen molar-refractivity contribution >= 4 is 0 Å². The van der Waals surface area contributed by atoms with Gasteiger partial charge in [-0.1, -0.05) is 0 Å². The Bertz CT molecular complexity index is 254. The van der Waals surface area contributed by atoms with Crippen molar-refractivity contribution in [1.29, 1.82) is 0 Å². The summed E-state index contributed by atoms with van der Waals surface area (Å²) in [5, 5.41) is 3.53. The van der Waals surface area contributed by atoms with Crippen LogP contribution in [0.4, 0.5) is 0 Å². The largest absolute Gasteiger partial charge is 0.310 e. The molecule has 1 aromatic rings. The van der Waals surface area contributed by atoms with Crippen LogP contribution in [0.15, 0.2) is 24.5 Å². The lowest BCUT2D eigenvalue weighted by molar-refractivity contribution is 0.496. The fourth-order valence-corrected chi connectivity index (χ4v) is 1.54. The molecule has 70 valence electrons. The first kappa shape index (κ1) is 8.70. The van der Waals surface area contributed by atoms with Gasteiger partial charge in [0.1, 0.15) is 0 Å². The highest BCUT2D eigenvalue weighted by Crippen LogP contribution is 2.32. The molecular formula is C11H16N2. The van der Waals surface area contributed by atoms with Crippen molar-refractivity contribution in [3.05, 3.63) is 30.1 Å². The molecule has 2 nitrogen and oxygen atoms in total. The highest BCUT2D eigenvalue weighted by atomic mass is 14.9. The van der Waals surface area contributed by atoms with E-state index < -0.39 is 0 Å². The summed E-state index contributed by atoms with van der Waals surface area (Å²) in [5.41, 5.74) is 1.32. The maximum atomic E-state index is 3.99. The van der Waals surface area contributed by atoms with Gasteiger partial charge in [-0.15, -0.1) is 0 Å². The number of hydrogen-bond donors (Lipinski definition) is 1. The maximum absolute atomic E-state index is 3.99. The molecule has 0 spiro atoms. The zero-order valence-corrected chi connectivity index (χ0v) is 8.03. The van der Waals surface area contributed by atoms with E-state index in [9.17, 15) is 0 Å². The average molecular weight is 176 g/mol. The lowest BCUT2D eigenvalue weighted by Crippen LogP contribution is -2.27. The van der Waals surface area contributed by atoms with Crippen molar-refractivity contribution in [2.45, 2.75) is 32.4 Å². The minimum absolute atomic E-state index is 0.674. The first-order valence-corrected chi connectivity index (χ1v) is 4.98. The molecular weight excluding hydrogens is 160 g/mol. The van der Waals surface area contributed by atoms with Gasteiger partial charge in [-0.05, 0) is 43.4 Å². The fraction of sp³-hybridized carbons (Fsp3) is 0.545. The molecule has 0 aliphatic heterocycles. The van der Waals surface area contributed by atoms with Crippen LogP contribution in [0.3, 0.4) is 0 Å². The maximum Gasteiger partial charge on any atom is 0.0271 e. The summed E-state index contributed by atoms with van der Waals surface area (Å²) >= 11 is 0. The summed E-state index contributed by atoms with van der Waals surface area (Å²) in [6.45, 7) is 3.25. The van der Waals surface area contributed by atoms with Gasteiger partial charge in [0.05, 0.1) is 0 Å². The molecule has 1 atom stereocenters. The molecule has 1 aliphatic rings. The van der Waals surface area contributed by atoms with Crippen molar-refractivity contribution in [3.63, 3.8) is 0 Å². The Morgan fingerprint density at radius 2 is 2.15 bits per heavy atom. The Kier molecular flexibility index (Phi) is 2.60. The molecule has 0 amide bonds. The topological polar surface area (TPSA) is 24.9 Å². The van der Waals surface area contributed by atoms with E-state index in [0.717, 1.165) is 12.5 Å².